The Balaban J connectivity index is 2.22. The summed E-state index contributed by atoms with van der Waals surface area (Å²) < 4.78 is 11.7. The smallest absolute Gasteiger partial charge is 0.258 e. The number of carbonyl (C=O) groups is 2. The molecule has 0 spiro atoms. The van der Waals surface area contributed by atoms with Crippen LogP contribution >= 0.6 is 15.9 Å². The fourth-order valence-electron chi connectivity index (χ4n) is 2.28. The van der Waals surface area contributed by atoms with Gasteiger partial charge in [0.05, 0.1) is 7.11 Å². The minimum atomic E-state index is -0.252. The van der Waals surface area contributed by atoms with Gasteiger partial charge in [-0.05, 0) is 48.9 Å². The molecule has 0 radical (unpaired) electrons. The number of nitrogens with one attached hydrogen (secondary N) is 1. The van der Waals surface area contributed by atoms with Crippen molar-refractivity contribution in [2.45, 2.75) is 6.92 Å². The number of nitrogens with zero attached hydrogens (tertiary/aromatic N) is 1. The number of rotatable bonds is 6. The van der Waals surface area contributed by atoms with Crippen LogP contribution in [-0.2, 0) is 4.79 Å². The molecule has 7 heteroatoms. The Morgan fingerprint density at radius 2 is 1.88 bits per heavy atom. The molecule has 0 aliphatic rings. The van der Waals surface area contributed by atoms with Crippen LogP contribution in [0.15, 0.2) is 40.9 Å². The first-order valence-corrected chi connectivity index (χ1v) is 8.72. The van der Waals surface area contributed by atoms with Gasteiger partial charge in [0.1, 0.15) is 0 Å². The molecule has 2 amide bonds. The molecule has 0 aliphatic carbocycles. The van der Waals surface area contributed by atoms with E-state index in [4.69, 9.17) is 9.47 Å². The lowest BCUT2D eigenvalue weighted by molar-refractivity contribution is -0.122. The summed E-state index contributed by atoms with van der Waals surface area (Å²) in [7, 11) is 4.73. The summed E-state index contributed by atoms with van der Waals surface area (Å²) in [6, 6.07) is 10.6. The van der Waals surface area contributed by atoms with E-state index in [2.05, 4.69) is 21.2 Å². The lowest BCUT2D eigenvalue weighted by Crippen LogP contribution is -2.26. The van der Waals surface area contributed by atoms with E-state index in [0.29, 0.717) is 17.1 Å². The van der Waals surface area contributed by atoms with E-state index in [9.17, 15) is 9.59 Å². The zero-order valence-corrected chi connectivity index (χ0v) is 16.7. The highest BCUT2D eigenvalue weighted by molar-refractivity contribution is 9.10. The lowest BCUT2D eigenvalue weighted by atomic mass is 10.1. The van der Waals surface area contributed by atoms with Gasteiger partial charge in [-0.1, -0.05) is 15.9 Å². The number of benzene rings is 2. The maximum atomic E-state index is 12.8. The van der Waals surface area contributed by atoms with Gasteiger partial charge in [-0.15, -0.1) is 0 Å². The molecule has 2 aromatic carbocycles. The fourth-order valence-corrected chi connectivity index (χ4v) is 2.53. The van der Waals surface area contributed by atoms with Crippen LogP contribution in [0.1, 0.15) is 15.9 Å². The van der Waals surface area contributed by atoms with Crippen molar-refractivity contribution in [1.29, 1.82) is 0 Å². The molecule has 0 heterocycles. The van der Waals surface area contributed by atoms with Gasteiger partial charge >= 0.3 is 0 Å². The topological polar surface area (TPSA) is 67.9 Å². The summed E-state index contributed by atoms with van der Waals surface area (Å²) >= 11 is 3.45. The maximum absolute atomic E-state index is 12.8. The normalized spacial score (nSPS) is 10.2. The number of amides is 2. The Kier molecular flexibility index (Phi) is 6.63. The van der Waals surface area contributed by atoms with E-state index in [0.717, 1.165) is 15.7 Å². The van der Waals surface area contributed by atoms with Crippen molar-refractivity contribution in [3.8, 4) is 11.5 Å². The highest BCUT2D eigenvalue weighted by Crippen LogP contribution is 2.29. The van der Waals surface area contributed by atoms with Crippen LogP contribution in [0, 0.1) is 6.92 Å². The maximum Gasteiger partial charge on any atom is 0.258 e. The average Bonchev–Trinajstić information content (AvgIpc) is 2.66. The molecule has 0 saturated carbocycles. The van der Waals surface area contributed by atoms with Crippen molar-refractivity contribution >= 4 is 33.4 Å². The second kappa shape index (κ2) is 8.71. The van der Waals surface area contributed by atoms with Crippen molar-refractivity contribution in [2.24, 2.45) is 0 Å². The zero-order valence-electron chi connectivity index (χ0n) is 15.1. The molecule has 138 valence electrons. The number of hydrogen-bond acceptors (Lipinski definition) is 4. The van der Waals surface area contributed by atoms with Crippen molar-refractivity contribution < 1.29 is 19.1 Å². The molecule has 2 rings (SSSR count). The summed E-state index contributed by atoms with van der Waals surface area (Å²) in [6.07, 6.45) is 0. The summed E-state index contributed by atoms with van der Waals surface area (Å²) in [4.78, 5) is 25.7. The van der Waals surface area contributed by atoms with Crippen molar-refractivity contribution in [3.05, 3.63) is 52.0 Å². The Morgan fingerprint density at radius 3 is 2.50 bits per heavy atom. The van der Waals surface area contributed by atoms with E-state index in [1.165, 1.54) is 14.2 Å². The second-order valence-electron chi connectivity index (χ2n) is 5.63. The van der Waals surface area contributed by atoms with Crippen LogP contribution < -0.4 is 19.7 Å². The highest BCUT2D eigenvalue weighted by atomic mass is 79.9. The Bertz CT molecular complexity index is 823. The molecule has 0 aliphatic heterocycles. The standard InChI is InChI=1S/C19H21BrN2O4/c1-12-9-14(6-7-15(12)20)22(3)19(24)13-5-8-16(17(10-13)25-4)26-11-18(23)21-2/h5-10H,11H2,1-4H3,(H,21,23). The third kappa shape index (κ3) is 4.54. The number of methoxy groups -OCH3 is 1. The van der Waals surface area contributed by atoms with Crippen LogP contribution in [0.25, 0.3) is 0 Å². The van der Waals surface area contributed by atoms with Crippen LogP contribution in [0.2, 0.25) is 0 Å². The van der Waals surface area contributed by atoms with Gasteiger partial charge in [-0.2, -0.15) is 0 Å². The molecule has 0 fully saturated rings. The molecule has 0 saturated heterocycles. The largest absolute Gasteiger partial charge is 0.493 e. The minimum Gasteiger partial charge on any atom is -0.493 e. The van der Waals surface area contributed by atoms with Crippen molar-refractivity contribution in [3.63, 3.8) is 0 Å². The van der Waals surface area contributed by atoms with E-state index >= 15 is 0 Å². The lowest BCUT2D eigenvalue weighted by Gasteiger charge is -2.19. The van der Waals surface area contributed by atoms with Gasteiger partial charge in [0.25, 0.3) is 11.8 Å². The minimum absolute atomic E-state index is 0.127. The number of anilines is 1. The zero-order chi connectivity index (χ0) is 19.3. The van der Waals surface area contributed by atoms with Crippen LogP contribution in [0.3, 0.4) is 0 Å². The summed E-state index contributed by atoms with van der Waals surface area (Å²) in [6.45, 7) is 1.84. The van der Waals surface area contributed by atoms with Gasteiger partial charge < -0.3 is 19.7 Å². The van der Waals surface area contributed by atoms with Crippen molar-refractivity contribution in [1.82, 2.24) is 5.32 Å². The fraction of sp³-hybridized carbons (Fsp3) is 0.263. The van der Waals surface area contributed by atoms with E-state index in [-0.39, 0.29) is 18.4 Å². The first-order valence-electron chi connectivity index (χ1n) is 7.93. The van der Waals surface area contributed by atoms with Crippen LogP contribution in [0.5, 0.6) is 11.5 Å². The van der Waals surface area contributed by atoms with E-state index < -0.39 is 0 Å². The molecule has 0 aromatic heterocycles. The predicted molar refractivity (Wildman–Crippen MR) is 104 cm³/mol. The molecule has 2 aromatic rings. The van der Waals surface area contributed by atoms with E-state index in [1.54, 1.807) is 30.1 Å². The molecule has 26 heavy (non-hydrogen) atoms. The van der Waals surface area contributed by atoms with Crippen LogP contribution in [-0.4, -0.2) is 39.6 Å². The average molecular weight is 421 g/mol. The van der Waals surface area contributed by atoms with Gasteiger partial charge in [0.2, 0.25) is 0 Å². The quantitative estimate of drug-likeness (QED) is 0.778. The second-order valence-corrected chi connectivity index (χ2v) is 6.48. The van der Waals surface area contributed by atoms with Gasteiger partial charge in [0.15, 0.2) is 18.1 Å². The molecule has 0 bridgehead atoms. The number of likely N-dealkylation sites (N-methyl/N-ethyl adjacent to an activating group) is 1. The Hall–Kier alpha value is -2.54. The number of halogens is 1. The third-order valence-corrected chi connectivity index (χ3v) is 4.77. The SMILES string of the molecule is CNC(=O)COc1ccc(C(=O)N(C)c2ccc(Br)c(C)c2)cc1OC. The molecular weight excluding hydrogens is 400 g/mol. The first-order chi connectivity index (χ1) is 12.4. The van der Waals surface area contributed by atoms with Gasteiger partial charge in [0, 0.05) is 29.8 Å². The highest BCUT2D eigenvalue weighted by Gasteiger charge is 2.17. The van der Waals surface area contributed by atoms with Gasteiger partial charge in [-0.25, -0.2) is 0 Å². The molecular formula is C19H21BrN2O4. The summed E-state index contributed by atoms with van der Waals surface area (Å²) in [5, 5.41) is 2.47. The molecule has 6 nitrogen and oxygen atoms in total. The number of ether oxygens (including phenoxy) is 2. The number of aryl methyl sites for hydroxylation is 1. The number of hydrogen-bond donors (Lipinski definition) is 1. The van der Waals surface area contributed by atoms with E-state index in [1.807, 2.05) is 25.1 Å². The van der Waals surface area contributed by atoms with Gasteiger partial charge in [-0.3, -0.25) is 9.59 Å². The Labute approximate surface area is 161 Å². The molecule has 1 N–H and O–H groups in total. The molecule has 0 atom stereocenters. The number of carbonyl (C=O) groups excluding carboxylic acids is 2. The van der Waals surface area contributed by atoms with Crippen molar-refractivity contribution in [2.75, 3.05) is 32.7 Å². The Morgan fingerprint density at radius 1 is 1.15 bits per heavy atom. The summed E-state index contributed by atoms with van der Waals surface area (Å²) in [5.41, 5.74) is 2.28. The van der Waals surface area contributed by atoms with Crippen LogP contribution in [0.4, 0.5) is 5.69 Å². The predicted octanol–water partition coefficient (Wildman–Crippen LogP) is 3.17. The first kappa shape index (κ1) is 19.8. The molecule has 0 unspecified atom stereocenters. The monoisotopic (exact) mass is 420 g/mol. The third-order valence-electron chi connectivity index (χ3n) is 3.88. The summed E-state index contributed by atoms with van der Waals surface area (Å²) in [5.74, 6) is 0.357.